The molecule has 1 amide bonds. The first-order chi connectivity index (χ1) is 8.10. The number of carbonyl (C=O) groups is 1. The van der Waals surface area contributed by atoms with Crippen LogP contribution in [-0.4, -0.2) is 19.6 Å². The highest BCUT2D eigenvalue weighted by atomic mass is 16.5. The van der Waals surface area contributed by atoms with Crippen molar-refractivity contribution in [1.29, 1.82) is 0 Å². The molecule has 0 unspecified atom stereocenters. The first kappa shape index (κ1) is 18.3. The normalized spacial score (nSPS) is 10.1. The van der Waals surface area contributed by atoms with Crippen molar-refractivity contribution in [1.82, 2.24) is 5.32 Å². The minimum absolute atomic E-state index is 0.00658. The maximum Gasteiger partial charge on any atom is 0.226 e. The zero-order valence-corrected chi connectivity index (χ0v) is 12.1. The van der Waals surface area contributed by atoms with Crippen LogP contribution in [-0.2, 0) is 9.53 Å². The fourth-order valence-corrected chi connectivity index (χ4v) is 0.952. The summed E-state index contributed by atoms with van der Waals surface area (Å²) in [6.45, 7) is 10.5. The van der Waals surface area contributed by atoms with Crippen LogP contribution >= 0.6 is 0 Å². The van der Waals surface area contributed by atoms with Crippen molar-refractivity contribution in [3.05, 3.63) is 23.4 Å². The van der Waals surface area contributed by atoms with E-state index in [-0.39, 0.29) is 5.91 Å². The lowest BCUT2D eigenvalue weighted by Crippen LogP contribution is -2.23. The molecule has 0 saturated heterocycles. The molecule has 0 aliphatic heterocycles. The predicted molar refractivity (Wildman–Crippen MR) is 73.8 cm³/mol. The van der Waals surface area contributed by atoms with Crippen LogP contribution in [0, 0.1) is 0 Å². The fraction of sp³-hybridized carbons (Fsp3) is 0.643. The lowest BCUT2D eigenvalue weighted by atomic mass is 10.2. The van der Waals surface area contributed by atoms with Crippen LogP contribution in [0.5, 0.6) is 0 Å². The molecule has 0 aliphatic rings. The molecular weight excluding hydrogens is 214 g/mol. The smallest absolute Gasteiger partial charge is 0.226 e. The number of nitrogens with one attached hydrogen (secondary N) is 1. The van der Waals surface area contributed by atoms with E-state index in [1.807, 2.05) is 46.8 Å². The van der Waals surface area contributed by atoms with Gasteiger partial charge in [0.1, 0.15) is 0 Å². The maximum atomic E-state index is 11.4. The van der Waals surface area contributed by atoms with Crippen LogP contribution in [0.1, 0.15) is 47.5 Å². The number of amides is 1. The van der Waals surface area contributed by atoms with Gasteiger partial charge in [0.05, 0.1) is 13.0 Å². The lowest BCUT2D eigenvalue weighted by Gasteiger charge is -2.06. The van der Waals surface area contributed by atoms with Crippen molar-refractivity contribution in [3.63, 3.8) is 0 Å². The third-order valence-electron chi connectivity index (χ3n) is 1.83. The largest absolute Gasteiger partial charge is 0.384 e. The molecule has 3 heteroatoms. The molecule has 0 aromatic heterocycles. The highest BCUT2D eigenvalue weighted by Crippen LogP contribution is 1.99. The number of hydrogen-bond acceptors (Lipinski definition) is 2. The predicted octanol–water partition coefficient (Wildman–Crippen LogP) is 3.43. The summed E-state index contributed by atoms with van der Waals surface area (Å²) in [5, 5.41) is 2.85. The average Bonchev–Trinajstić information content (AvgIpc) is 2.34. The molecule has 0 aromatic rings. The number of carbonyl (C=O) groups excluding carboxylic acids is 1. The summed E-state index contributed by atoms with van der Waals surface area (Å²) in [5.74, 6) is 0.00658. The Morgan fingerprint density at radius 2 is 1.82 bits per heavy atom. The summed E-state index contributed by atoms with van der Waals surface area (Å²) >= 11 is 0. The highest BCUT2D eigenvalue weighted by Gasteiger charge is 2.01. The van der Waals surface area contributed by atoms with Crippen molar-refractivity contribution < 1.29 is 9.53 Å². The molecule has 0 atom stereocenters. The Balaban J connectivity index is 0. The van der Waals surface area contributed by atoms with Crippen LogP contribution in [0.4, 0.5) is 0 Å². The van der Waals surface area contributed by atoms with Gasteiger partial charge in [-0.05, 0) is 26.3 Å². The quantitative estimate of drug-likeness (QED) is 0.724. The molecule has 0 aliphatic carbocycles. The average molecular weight is 241 g/mol. The van der Waals surface area contributed by atoms with E-state index < -0.39 is 0 Å². The molecule has 0 aromatic carbocycles. The Hall–Kier alpha value is -1.09. The number of hydrogen-bond donors (Lipinski definition) is 1. The monoisotopic (exact) mass is 241 g/mol. The van der Waals surface area contributed by atoms with Crippen molar-refractivity contribution in [2.24, 2.45) is 0 Å². The van der Waals surface area contributed by atoms with Crippen molar-refractivity contribution in [2.75, 3.05) is 13.7 Å². The van der Waals surface area contributed by atoms with Gasteiger partial charge in [-0.2, -0.15) is 0 Å². The number of rotatable bonds is 6. The van der Waals surface area contributed by atoms with E-state index in [0.717, 1.165) is 12.1 Å². The molecule has 0 spiro atoms. The van der Waals surface area contributed by atoms with Gasteiger partial charge < -0.3 is 10.1 Å². The van der Waals surface area contributed by atoms with E-state index >= 15 is 0 Å². The first-order valence-electron chi connectivity index (χ1n) is 6.23. The standard InChI is InChI=1S/C12H21NO2.C2H6/c1-5-11(7-6-10(2)3)13-12(14)8-9-15-4;1-2/h6-7H,5,8-9H2,1-4H3,(H,13,14);1-2H3/b11-7+;. The van der Waals surface area contributed by atoms with E-state index in [1.54, 1.807) is 7.11 Å². The summed E-state index contributed by atoms with van der Waals surface area (Å²) in [6.07, 6.45) is 5.17. The van der Waals surface area contributed by atoms with Gasteiger partial charge >= 0.3 is 0 Å². The Kier molecular flexibility index (Phi) is 14.0. The molecule has 1 N–H and O–H groups in total. The molecule has 3 nitrogen and oxygen atoms in total. The molecule has 0 saturated carbocycles. The second kappa shape index (κ2) is 13.0. The molecule has 0 fully saturated rings. The topological polar surface area (TPSA) is 38.3 Å². The van der Waals surface area contributed by atoms with Gasteiger partial charge in [-0.1, -0.05) is 32.4 Å². The minimum atomic E-state index is 0.00658. The number of ether oxygens (including phenoxy) is 1. The molecule has 0 rings (SSSR count). The maximum absolute atomic E-state index is 11.4. The molecule has 100 valence electrons. The van der Waals surface area contributed by atoms with Gasteiger partial charge in [0.25, 0.3) is 0 Å². The van der Waals surface area contributed by atoms with E-state index in [4.69, 9.17) is 4.74 Å². The summed E-state index contributed by atoms with van der Waals surface area (Å²) in [4.78, 5) is 11.4. The molecule has 0 radical (unpaired) electrons. The highest BCUT2D eigenvalue weighted by molar-refractivity contribution is 5.77. The first-order valence-corrected chi connectivity index (χ1v) is 6.23. The lowest BCUT2D eigenvalue weighted by molar-refractivity contribution is -0.121. The summed E-state index contributed by atoms with van der Waals surface area (Å²) in [7, 11) is 1.59. The molecular formula is C14H27NO2. The Labute approximate surface area is 106 Å². The van der Waals surface area contributed by atoms with E-state index in [2.05, 4.69) is 5.32 Å². The summed E-state index contributed by atoms with van der Waals surface area (Å²) in [5.41, 5.74) is 2.16. The van der Waals surface area contributed by atoms with Gasteiger partial charge in [0, 0.05) is 12.8 Å². The third kappa shape index (κ3) is 12.8. The van der Waals surface area contributed by atoms with Gasteiger partial charge in [-0.15, -0.1) is 0 Å². The van der Waals surface area contributed by atoms with Crippen molar-refractivity contribution in [2.45, 2.75) is 47.5 Å². The van der Waals surface area contributed by atoms with E-state index in [9.17, 15) is 4.79 Å². The molecule has 0 bridgehead atoms. The Bertz CT molecular complexity index is 251. The number of allylic oxidation sites excluding steroid dienone is 4. The van der Waals surface area contributed by atoms with E-state index in [1.165, 1.54) is 5.57 Å². The van der Waals surface area contributed by atoms with Crippen LogP contribution in [0.3, 0.4) is 0 Å². The zero-order chi connectivity index (χ0) is 13.7. The van der Waals surface area contributed by atoms with Crippen LogP contribution < -0.4 is 5.32 Å². The van der Waals surface area contributed by atoms with Crippen LogP contribution in [0.2, 0.25) is 0 Å². The SMILES string of the molecule is CC.CC/C(=C\C=C(C)C)NC(=O)CCOC. The summed E-state index contributed by atoms with van der Waals surface area (Å²) < 4.78 is 4.83. The van der Waals surface area contributed by atoms with Gasteiger partial charge in [0.15, 0.2) is 0 Å². The second-order valence-electron chi connectivity index (χ2n) is 3.58. The molecule has 0 heterocycles. The third-order valence-corrected chi connectivity index (χ3v) is 1.83. The van der Waals surface area contributed by atoms with Gasteiger partial charge in [-0.3, -0.25) is 4.79 Å². The van der Waals surface area contributed by atoms with E-state index in [0.29, 0.717) is 13.0 Å². The van der Waals surface area contributed by atoms with Crippen LogP contribution in [0.25, 0.3) is 0 Å². The van der Waals surface area contributed by atoms with Gasteiger partial charge in [-0.25, -0.2) is 0 Å². The molecule has 17 heavy (non-hydrogen) atoms. The minimum Gasteiger partial charge on any atom is -0.384 e. The Morgan fingerprint density at radius 1 is 1.24 bits per heavy atom. The second-order valence-corrected chi connectivity index (χ2v) is 3.58. The van der Waals surface area contributed by atoms with Crippen LogP contribution in [0.15, 0.2) is 23.4 Å². The zero-order valence-electron chi connectivity index (χ0n) is 12.1. The van der Waals surface area contributed by atoms with Gasteiger partial charge in [0.2, 0.25) is 5.91 Å². The summed E-state index contributed by atoms with van der Waals surface area (Å²) in [6, 6.07) is 0. The fourth-order valence-electron chi connectivity index (χ4n) is 0.952. The van der Waals surface area contributed by atoms with Crippen molar-refractivity contribution >= 4 is 5.91 Å². The number of methoxy groups -OCH3 is 1. The Morgan fingerprint density at radius 3 is 2.24 bits per heavy atom. The van der Waals surface area contributed by atoms with Crippen molar-refractivity contribution in [3.8, 4) is 0 Å².